The summed E-state index contributed by atoms with van der Waals surface area (Å²) >= 11 is 0. The zero-order valence-electron chi connectivity index (χ0n) is 10.8. The van der Waals surface area contributed by atoms with Gasteiger partial charge in [0.1, 0.15) is 0 Å². The lowest BCUT2D eigenvalue weighted by atomic mass is 10.1. The molecule has 0 saturated carbocycles. The van der Waals surface area contributed by atoms with Crippen molar-refractivity contribution in [3.05, 3.63) is 35.9 Å². The van der Waals surface area contributed by atoms with E-state index in [1.54, 1.807) is 0 Å². The van der Waals surface area contributed by atoms with Crippen LogP contribution in [0.1, 0.15) is 25.5 Å². The van der Waals surface area contributed by atoms with Crippen LogP contribution in [0, 0.1) is 0 Å². The Labute approximate surface area is 104 Å². The average Bonchev–Trinajstić information content (AvgIpc) is 2.39. The van der Waals surface area contributed by atoms with Crippen LogP contribution in [-0.4, -0.2) is 42.9 Å². The van der Waals surface area contributed by atoms with Gasteiger partial charge in [0.2, 0.25) is 0 Å². The highest BCUT2D eigenvalue weighted by molar-refractivity contribution is 5.18. The normalized spacial score (nSPS) is 12.9. The second-order valence-corrected chi connectivity index (χ2v) is 4.05. The van der Waals surface area contributed by atoms with E-state index < -0.39 is 0 Å². The maximum atomic E-state index is 8.64. The van der Waals surface area contributed by atoms with E-state index in [4.69, 9.17) is 9.84 Å². The molecule has 1 N–H and O–H groups in total. The topological polar surface area (TPSA) is 32.7 Å². The van der Waals surface area contributed by atoms with Crippen LogP contribution < -0.4 is 0 Å². The molecule has 3 nitrogen and oxygen atoms in total. The molecule has 0 aromatic heterocycles. The van der Waals surface area contributed by atoms with Gasteiger partial charge in [-0.3, -0.25) is 4.90 Å². The molecule has 1 aromatic carbocycles. The van der Waals surface area contributed by atoms with Crippen molar-refractivity contribution in [3.63, 3.8) is 0 Å². The Morgan fingerprint density at radius 3 is 2.53 bits per heavy atom. The van der Waals surface area contributed by atoms with Gasteiger partial charge in [0.15, 0.2) is 0 Å². The summed E-state index contributed by atoms with van der Waals surface area (Å²) < 4.78 is 5.31. The second-order valence-electron chi connectivity index (χ2n) is 4.05. The van der Waals surface area contributed by atoms with Crippen LogP contribution >= 0.6 is 0 Å². The largest absolute Gasteiger partial charge is 0.394 e. The molecule has 3 heteroatoms. The predicted molar refractivity (Wildman–Crippen MR) is 70.0 cm³/mol. The monoisotopic (exact) mass is 237 g/mol. The van der Waals surface area contributed by atoms with Gasteiger partial charge < -0.3 is 9.84 Å². The summed E-state index contributed by atoms with van der Waals surface area (Å²) in [6, 6.07) is 10.9. The number of aliphatic hydroxyl groups is 1. The maximum Gasteiger partial charge on any atom is 0.0698 e. The molecule has 0 heterocycles. The number of rotatable bonds is 8. The number of hydrogen-bond acceptors (Lipinski definition) is 3. The average molecular weight is 237 g/mol. The molecule has 1 atom stereocenters. The van der Waals surface area contributed by atoms with E-state index in [0.717, 1.165) is 13.1 Å². The van der Waals surface area contributed by atoms with Gasteiger partial charge >= 0.3 is 0 Å². The molecular weight excluding hydrogens is 214 g/mol. The Morgan fingerprint density at radius 1 is 1.24 bits per heavy atom. The zero-order chi connectivity index (χ0) is 12.5. The van der Waals surface area contributed by atoms with Crippen molar-refractivity contribution in [1.82, 2.24) is 4.90 Å². The van der Waals surface area contributed by atoms with Crippen molar-refractivity contribution >= 4 is 0 Å². The molecule has 0 radical (unpaired) electrons. The van der Waals surface area contributed by atoms with Crippen LogP contribution in [-0.2, 0) is 4.74 Å². The third kappa shape index (κ3) is 4.86. The van der Waals surface area contributed by atoms with E-state index in [1.165, 1.54) is 5.56 Å². The fourth-order valence-corrected chi connectivity index (χ4v) is 1.92. The van der Waals surface area contributed by atoms with Crippen LogP contribution in [0.25, 0.3) is 0 Å². The molecule has 1 aromatic rings. The first kappa shape index (κ1) is 14.2. The van der Waals surface area contributed by atoms with Gasteiger partial charge in [0, 0.05) is 12.6 Å². The highest BCUT2D eigenvalue weighted by atomic mass is 16.5. The first-order valence-corrected chi connectivity index (χ1v) is 6.27. The van der Waals surface area contributed by atoms with Gasteiger partial charge in [-0.15, -0.1) is 0 Å². The van der Waals surface area contributed by atoms with E-state index in [9.17, 15) is 0 Å². The zero-order valence-corrected chi connectivity index (χ0v) is 10.8. The van der Waals surface area contributed by atoms with Crippen molar-refractivity contribution in [2.24, 2.45) is 0 Å². The molecule has 0 aliphatic rings. The Hall–Kier alpha value is -0.900. The smallest absolute Gasteiger partial charge is 0.0698 e. The first-order chi connectivity index (χ1) is 8.29. The Balaban J connectivity index is 2.44. The maximum absolute atomic E-state index is 8.64. The lowest BCUT2D eigenvalue weighted by Gasteiger charge is -2.28. The minimum absolute atomic E-state index is 0.0976. The molecule has 0 bridgehead atoms. The van der Waals surface area contributed by atoms with Crippen LogP contribution in [0.4, 0.5) is 0 Å². The highest BCUT2D eigenvalue weighted by Crippen LogP contribution is 2.18. The summed E-state index contributed by atoms with van der Waals surface area (Å²) in [5.74, 6) is 0. The first-order valence-electron chi connectivity index (χ1n) is 6.27. The minimum atomic E-state index is 0.0976. The second kappa shape index (κ2) is 8.23. The fourth-order valence-electron chi connectivity index (χ4n) is 1.92. The van der Waals surface area contributed by atoms with Gasteiger partial charge in [0.05, 0.1) is 19.8 Å². The molecular formula is C14H23NO2. The summed E-state index contributed by atoms with van der Waals surface area (Å²) in [4.78, 5) is 2.37. The molecule has 0 spiro atoms. The number of ether oxygens (including phenoxy) is 1. The Morgan fingerprint density at radius 2 is 1.94 bits per heavy atom. The summed E-state index contributed by atoms with van der Waals surface area (Å²) in [5, 5.41) is 8.64. The number of nitrogens with zero attached hydrogens (tertiary/aromatic N) is 1. The van der Waals surface area contributed by atoms with Crippen LogP contribution in [0.15, 0.2) is 30.3 Å². The van der Waals surface area contributed by atoms with Crippen molar-refractivity contribution < 1.29 is 9.84 Å². The lowest BCUT2D eigenvalue weighted by molar-refractivity contribution is 0.0664. The van der Waals surface area contributed by atoms with Gasteiger partial charge in [-0.2, -0.15) is 0 Å². The van der Waals surface area contributed by atoms with Crippen LogP contribution in [0.3, 0.4) is 0 Å². The van der Waals surface area contributed by atoms with E-state index in [2.05, 4.69) is 43.0 Å². The van der Waals surface area contributed by atoms with Crippen molar-refractivity contribution in [2.75, 3.05) is 32.9 Å². The van der Waals surface area contributed by atoms with E-state index in [-0.39, 0.29) is 6.61 Å². The third-order valence-corrected chi connectivity index (χ3v) is 2.99. The van der Waals surface area contributed by atoms with Gasteiger partial charge in [-0.1, -0.05) is 37.3 Å². The van der Waals surface area contributed by atoms with Crippen molar-refractivity contribution in [2.45, 2.75) is 19.9 Å². The molecule has 1 unspecified atom stereocenters. The van der Waals surface area contributed by atoms with Crippen LogP contribution in [0.2, 0.25) is 0 Å². The molecule has 17 heavy (non-hydrogen) atoms. The standard InChI is InChI=1S/C14H23NO2/c1-3-15(9-11-17-12-10-16)13(2)14-7-5-4-6-8-14/h4-8,13,16H,3,9-12H2,1-2H3. The summed E-state index contributed by atoms with van der Waals surface area (Å²) in [6.45, 7) is 7.46. The molecule has 0 saturated heterocycles. The molecule has 0 aliphatic carbocycles. The molecule has 0 fully saturated rings. The summed E-state index contributed by atoms with van der Waals surface area (Å²) in [7, 11) is 0. The molecule has 96 valence electrons. The lowest BCUT2D eigenvalue weighted by Crippen LogP contribution is -2.30. The molecule has 0 amide bonds. The fraction of sp³-hybridized carbons (Fsp3) is 0.571. The van der Waals surface area contributed by atoms with E-state index in [0.29, 0.717) is 19.3 Å². The molecule has 0 aliphatic heterocycles. The van der Waals surface area contributed by atoms with E-state index >= 15 is 0 Å². The minimum Gasteiger partial charge on any atom is -0.394 e. The predicted octanol–water partition coefficient (Wildman–Crippen LogP) is 2.08. The van der Waals surface area contributed by atoms with Gasteiger partial charge in [-0.05, 0) is 19.0 Å². The third-order valence-electron chi connectivity index (χ3n) is 2.99. The Kier molecular flexibility index (Phi) is 6.86. The SMILES string of the molecule is CCN(CCOCCO)C(C)c1ccccc1. The number of likely N-dealkylation sites (N-methyl/N-ethyl adjacent to an activating group) is 1. The highest BCUT2D eigenvalue weighted by Gasteiger charge is 2.13. The number of aliphatic hydroxyl groups excluding tert-OH is 1. The molecule has 1 rings (SSSR count). The quantitative estimate of drug-likeness (QED) is 0.703. The van der Waals surface area contributed by atoms with Crippen molar-refractivity contribution in [3.8, 4) is 0 Å². The van der Waals surface area contributed by atoms with Gasteiger partial charge in [0.25, 0.3) is 0 Å². The van der Waals surface area contributed by atoms with Crippen LogP contribution in [0.5, 0.6) is 0 Å². The van der Waals surface area contributed by atoms with Gasteiger partial charge in [-0.25, -0.2) is 0 Å². The number of hydrogen-bond donors (Lipinski definition) is 1. The summed E-state index contributed by atoms with van der Waals surface area (Å²) in [6.07, 6.45) is 0. The van der Waals surface area contributed by atoms with E-state index in [1.807, 2.05) is 6.07 Å². The summed E-state index contributed by atoms with van der Waals surface area (Å²) in [5.41, 5.74) is 1.33. The number of benzene rings is 1. The van der Waals surface area contributed by atoms with Crippen molar-refractivity contribution in [1.29, 1.82) is 0 Å². The Bertz CT molecular complexity index is 290.